The van der Waals surface area contributed by atoms with Crippen molar-refractivity contribution in [3.8, 4) is 0 Å². The molecule has 0 aliphatic heterocycles. The van der Waals surface area contributed by atoms with Crippen LogP contribution in [0.4, 0.5) is 0 Å². The number of aryl methyl sites for hydroxylation is 1. The van der Waals surface area contributed by atoms with Gasteiger partial charge in [0.05, 0.1) is 12.5 Å². The van der Waals surface area contributed by atoms with Crippen LogP contribution in [0.3, 0.4) is 0 Å². The zero-order chi connectivity index (χ0) is 30.2. The van der Waals surface area contributed by atoms with Gasteiger partial charge in [0.25, 0.3) is 0 Å². The van der Waals surface area contributed by atoms with Crippen LogP contribution in [0.2, 0.25) is 0 Å². The molecule has 0 aliphatic rings. The van der Waals surface area contributed by atoms with Crippen LogP contribution in [-0.2, 0) is 27.3 Å². The van der Waals surface area contributed by atoms with Gasteiger partial charge < -0.3 is 32.7 Å². The van der Waals surface area contributed by atoms with E-state index in [9.17, 15) is 14.4 Å². The molecule has 0 saturated heterocycles. The van der Waals surface area contributed by atoms with Crippen LogP contribution in [0, 0.1) is 0 Å². The minimum atomic E-state index is -1.11. The van der Waals surface area contributed by atoms with Crippen molar-refractivity contribution in [2.75, 3.05) is 26.2 Å². The molecule has 3 aromatic rings. The average Bonchev–Trinajstić information content (AvgIpc) is 3.02. The molecule has 9 heteroatoms. The molecule has 42 heavy (non-hydrogen) atoms. The summed E-state index contributed by atoms with van der Waals surface area (Å²) in [5, 5.41) is 5.70. The SMILES string of the molecule is NCCN(CCN)C(=O)C[C@H](N)C(=O)N[C@@H](CCc1ccccc1)C(=O)NCc1ccc(/C=C/c2ccccc2)cc1. The summed E-state index contributed by atoms with van der Waals surface area (Å²) in [4.78, 5) is 40.4. The van der Waals surface area contributed by atoms with E-state index in [1.165, 1.54) is 4.90 Å². The summed E-state index contributed by atoms with van der Waals surface area (Å²) in [5.41, 5.74) is 21.4. The highest BCUT2D eigenvalue weighted by Gasteiger charge is 2.26. The summed E-state index contributed by atoms with van der Waals surface area (Å²) >= 11 is 0. The first-order valence-electron chi connectivity index (χ1n) is 14.3. The number of nitrogens with one attached hydrogen (secondary N) is 2. The second-order valence-electron chi connectivity index (χ2n) is 10.1. The van der Waals surface area contributed by atoms with E-state index in [2.05, 4.69) is 10.6 Å². The van der Waals surface area contributed by atoms with E-state index in [0.717, 1.165) is 22.3 Å². The first-order chi connectivity index (χ1) is 20.4. The molecule has 0 radical (unpaired) electrons. The lowest BCUT2D eigenvalue weighted by molar-refractivity contribution is -0.135. The number of nitrogens with two attached hydrogens (primary N) is 3. The van der Waals surface area contributed by atoms with Gasteiger partial charge in [0.2, 0.25) is 17.7 Å². The lowest BCUT2D eigenvalue weighted by atomic mass is 10.0. The van der Waals surface area contributed by atoms with Crippen LogP contribution >= 0.6 is 0 Å². The molecule has 0 fully saturated rings. The van der Waals surface area contributed by atoms with Crippen molar-refractivity contribution in [3.63, 3.8) is 0 Å². The topological polar surface area (TPSA) is 157 Å². The Morgan fingerprint density at radius 1 is 0.738 bits per heavy atom. The minimum Gasteiger partial charge on any atom is -0.350 e. The highest BCUT2D eigenvalue weighted by molar-refractivity contribution is 5.92. The maximum atomic E-state index is 13.2. The summed E-state index contributed by atoms with van der Waals surface area (Å²) in [5.74, 6) is -1.19. The maximum Gasteiger partial charge on any atom is 0.242 e. The molecule has 2 atom stereocenters. The van der Waals surface area contributed by atoms with Crippen LogP contribution < -0.4 is 27.8 Å². The number of hydrogen-bond donors (Lipinski definition) is 5. The van der Waals surface area contributed by atoms with Crippen LogP contribution in [0.25, 0.3) is 12.2 Å². The van der Waals surface area contributed by atoms with E-state index < -0.39 is 18.0 Å². The smallest absolute Gasteiger partial charge is 0.242 e. The fourth-order valence-electron chi connectivity index (χ4n) is 4.40. The van der Waals surface area contributed by atoms with Crippen molar-refractivity contribution in [1.29, 1.82) is 0 Å². The van der Waals surface area contributed by atoms with Gasteiger partial charge in [0.1, 0.15) is 6.04 Å². The van der Waals surface area contributed by atoms with E-state index in [-0.39, 0.29) is 31.3 Å². The lowest BCUT2D eigenvalue weighted by Gasteiger charge is -2.24. The maximum absolute atomic E-state index is 13.2. The highest BCUT2D eigenvalue weighted by Crippen LogP contribution is 2.11. The predicted octanol–water partition coefficient (Wildman–Crippen LogP) is 2.05. The molecule has 9 nitrogen and oxygen atoms in total. The van der Waals surface area contributed by atoms with Crippen LogP contribution in [0.15, 0.2) is 84.9 Å². The molecule has 0 aromatic heterocycles. The third-order valence-corrected chi connectivity index (χ3v) is 6.79. The zero-order valence-corrected chi connectivity index (χ0v) is 24.0. The number of hydrogen-bond acceptors (Lipinski definition) is 6. The summed E-state index contributed by atoms with van der Waals surface area (Å²) in [6.07, 6.45) is 4.83. The number of amides is 3. The normalized spacial score (nSPS) is 12.5. The van der Waals surface area contributed by atoms with Gasteiger partial charge in [-0.15, -0.1) is 0 Å². The molecule has 0 spiro atoms. The van der Waals surface area contributed by atoms with Crippen molar-refractivity contribution in [2.45, 2.75) is 37.9 Å². The number of carbonyl (C=O) groups excluding carboxylic acids is 3. The molecule has 3 aromatic carbocycles. The molecular formula is C33H42N6O3. The van der Waals surface area contributed by atoms with Crippen LogP contribution in [-0.4, -0.2) is 60.9 Å². The standard InChI is InChI=1S/C33H42N6O3/c34-19-21-39(22-20-35)31(40)23-29(36)32(41)38-30(18-17-26-9-5-2-6-10-26)33(42)37-24-28-15-13-27(14-16-28)12-11-25-7-3-1-4-8-25/h1-16,29-30H,17-24,34-36H2,(H,37,42)(H,38,41)/b12-11+/t29-,30-/m0/s1. The first kappa shape index (κ1) is 32.2. The van der Waals surface area contributed by atoms with Gasteiger partial charge in [0, 0.05) is 32.7 Å². The fourth-order valence-corrected chi connectivity index (χ4v) is 4.40. The molecule has 222 valence electrons. The second kappa shape index (κ2) is 17.5. The van der Waals surface area contributed by atoms with E-state index >= 15 is 0 Å². The van der Waals surface area contributed by atoms with E-state index in [0.29, 0.717) is 32.5 Å². The van der Waals surface area contributed by atoms with Crippen molar-refractivity contribution in [3.05, 3.63) is 107 Å². The van der Waals surface area contributed by atoms with Crippen molar-refractivity contribution >= 4 is 29.9 Å². The van der Waals surface area contributed by atoms with Gasteiger partial charge in [-0.2, -0.15) is 0 Å². The monoisotopic (exact) mass is 570 g/mol. The Bertz CT molecular complexity index is 1280. The van der Waals surface area contributed by atoms with Gasteiger partial charge >= 0.3 is 0 Å². The Balaban J connectivity index is 1.60. The first-order valence-corrected chi connectivity index (χ1v) is 14.3. The number of nitrogens with zero attached hydrogens (tertiary/aromatic N) is 1. The second-order valence-corrected chi connectivity index (χ2v) is 10.1. The van der Waals surface area contributed by atoms with Gasteiger partial charge in [0.15, 0.2) is 0 Å². The predicted molar refractivity (Wildman–Crippen MR) is 168 cm³/mol. The van der Waals surface area contributed by atoms with Gasteiger partial charge in [-0.1, -0.05) is 97.1 Å². The summed E-state index contributed by atoms with van der Waals surface area (Å²) in [6, 6.07) is 25.7. The van der Waals surface area contributed by atoms with Gasteiger partial charge in [-0.3, -0.25) is 14.4 Å². The minimum absolute atomic E-state index is 0.204. The summed E-state index contributed by atoms with van der Waals surface area (Å²) < 4.78 is 0. The Kier molecular flexibility index (Phi) is 13.4. The lowest BCUT2D eigenvalue weighted by Crippen LogP contribution is -2.53. The Labute approximate surface area is 248 Å². The van der Waals surface area contributed by atoms with Gasteiger partial charge in [-0.05, 0) is 35.1 Å². The third-order valence-electron chi connectivity index (χ3n) is 6.79. The van der Waals surface area contributed by atoms with Crippen LogP contribution in [0.1, 0.15) is 35.1 Å². The van der Waals surface area contributed by atoms with E-state index in [1.54, 1.807) is 0 Å². The quantitative estimate of drug-likeness (QED) is 0.166. The number of benzene rings is 3. The fraction of sp³-hybridized carbons (Fsp3) is 0.303. The molecule has 3 amide bonds. The molecule has 0 heterocycles. The Hall–Kier alpha value is -4.31. The highest BCUT2D eigenvalue weighted by atomic mass is 16.2. The third kappa shape index (κ3) is 10.9. The van der Waals surface area contributed by atoms with E-state index in [4.69, 9.17) is 17.2 Å². The Morgan fingerprint density at radius 2 is 1.31 bits per heavy atom. The number of rotatable bonds is 16. The summed E-state index contributed by atoms with van der Waals surface area (Å²) in [7, 11) is 0. The number of carbonyl (C=O) groups is 3. The molecule has 0 unspecified atom stereocenters. The van der Waals surface area contributed by atoms with Crippen LogP contribution in [0.5, 0.6) is 0 Å². The van der Waals surface area contributed by atoms with Crippen molar-refractivity contribution < 1.29 is 14.4 Å². The Morgan fingerprint density at radius 3 is 1.90 bits per heavy atom. The zero-order valence-electron chi connectivity index (χ0n) is 24.0. The van der Waals surface area contributed by atoms with Crippen molar-refractivity contribution in [1.82, 2.24) is 15.5 Å². The molecule has 0 bridgehead atoms. The molecule has 8 N–H and O–H groups in total. The van der Waals surface area contributed by atoms with Gasteiger partial charge in [-0.25, -0.2) is 0 Å². The largest absolute Gasteiger partial charge is 0.350 e. The summed E-state index contributed by atoms with van der Waals surface area (Å²) in [6.45, 7) is 1.52. The average molecular weight is 571 g/mol. The molecule has 3 rings (SSSR count). The van der Waals surface area contributed by atoms with Crippen molar-refractivity contribution in [2.24, 2.45) is 17.2 Å². The molecular weight excluding hydrogens is 528 g/mol. The molecule has 0 aliphatic carbocycles. The molecule has 0 saturated carbocycles. The van der Waals surface area contributed by atoms with E-state index in [1.807, 2.05) is 97.1 Å².